The van der Waals surface area contributed by atoms with Crippen molar-refractivity contribution in [3.63, 3.8) is 0 Å². The van der Waals surface area contributed by atoms with E-state index in [0.717, 1.165) is 32.8 Å². The van der Waals surface area contributed by atoms with Crippen molar-refractivity contribution in [2.75, 3.05) is 0 Å². The highest BCUT2D eigenvalue weighted by Crippen LogP contribution is 2.35. The molecule has 26 heavy (non-hydrogen) atoms. The molecule has 132 valence electrons. The molecule has 2 aromatic rings. The highest BCUT2D eigenvalue weighted by Gasteiger charge is 2.35. The van der Waals surface area contributed by atoms with Gasteiger partial charge < -0.3 is 5.11 Å². The predicted molar refractivity (Wildman–Crippen MR) is 100 cm³/mol. The lowest BCUT2D eigenvalue weighted by atomic mass is 10.1. The number of nitro groups is 1. The molecule has 0 spiro atoms. The number of hydrogen-bond donors (Lipinski definition) is 1. The van der Waals surface area contributed by atoms with Gasteiger partial charge in [0.1, 0.15) is 0 Å². The topological polar surface area (TPSA) is 101 Å². The number of imide groups is 1. The third kappa shape index (κ3) is 3.63. The maximum absolute atomic E-state index is 12.5. The van der Waals surface area contributed by atoms with Crippen LogP contribution in [0.2, 0.25) is 0 Å². The second-order valence-electron chi connectivity index (χ2n) is 5.36. The van der Waals surface area contributed by atoms with Crippen molar-refractivity contribution >= 4 is 50.6 Å². The van der Waals surface area contributed by atoms with Crippen LogP contribution >= 0.6 is 27.7 Å². The Balaban J connectivity index is 1.87. The minimum absolute atomic E-state index is 0.124. The zero-order valence-corrected chi connectivity index (χ0v) is 15.5. The van der Waals surface area contributed by atoms with Crippen LogP contribution in [0.3, 0.4) is 0 Å². The highest BCUT2D eigenvalue weighted by molar-refractivity contribution is 9.10. The molecule has 0 radical (unpaired) electrons. The molecule has 2 amide bonds. The number of nitrogens with zero attached hydrogens (tertiary/aromatic N) is 2. The van der Waals surface area contributed by atoms with Gasteiger partial charge in [-0.1, -0.05) is 40.2 Å². The predicted octanol–water partition coefficient (Wildman–Crippen LogP) is 4.30. The molecule has 0 bridgehead atoms. The van der Waals surface area contributed by atoms with Gasteiger partial charge in [-0.05, 0) is 41.1 Å². The van der Waals surface area contributed by atoms with Crippen LogP contribution in [-0.4, -0.2) is 26.1 Å². The molecule has 0 atom stereocenters. The van der Waals surface area contributed by atoms with Gasteiger partial charge >= 0.3 is 5.69 Å². The largest absolute Gasteiger partial charge is 0.502 e. The number of halogens is 1. The van der Waals surface area contributed by atoms with Crippen LogP contribution in [0.25, 0.3) is 6.08 Å². The number of rotatable bonds is 4. The van der Waals surface area contributed by atoms with Crippen molar-refractivity contribution in [2.45, 2.75) is 6.54 Å². The van der Waals surface area contributed by atoms with E-state index in [9.17, 15) is 24.8 Å². The van der Waals surface area contributed by atoms with Crippen LogP contribution in [0.1, 0.15) is 11.1 Å². The van der Waals surface area contributed by atoms with Gasteiger partial charge in [-0.3, -0.25) is 24.6 Å². The number of aromatic hydroxyl groups is 1. The molecule has 1 saturated heterocycles. The fourth-order valence-electron chi connectivity index (χ4n) is 2.36. The maximum atomic E-state index is 12.5. The zero-order valence-electron chi connectivity index (χ0n) is 13.1. The average molecular weight is 435 g/mol. The Bertz CT molecular complexity index is 960. The number of thioether (sulfide) groups is 1. The van der Waals surface area contributed by atoms with Crippen LogP contribution in [-0.2, 0) is 11.3 Å². The number of amides is 2. The van der Waals surface area contributed by atoms with Crippen LogP contribution in [0, 0.1) is 10.1 Å². The molecular formula is C17H11BrN2O5S. The number of nitro benzene ring substituents is 1. The minimum atomic E-state index is -0.717. The molecule has 1 aliphatic rings. The molecule has 1 fully saturated rings. The van der Waals surface area contributed by atoms with Crippen molar-refractivity contribution in [3.8, 4) is 5.75 Å². The Kier molecular flexibility index (Phi) is 5.10. The van der Waals surface area contributed by atoms with E-state index in [1.165, 1.54) is 18.2 Å². The SMILES string of the molecule is O=C1S/C(=C/c2ccc(O)c([N+](=O)[O-])c2)C(=O)N1Cc1ccccc1Br. The third-order valence-electron chi connectivity index (χ3n) is 3.65. The first-order valence-corrected chi connectivity index (χ1v) is 8.94. The van der Waals surface area contributed by atoms with E-state index in [0.29, 0.717) is 5.56 Å². The molecule has 0 unspecified atom stereocenters. The smallest absolute Gasteiger partial charge is 0.311 e. The van der Waals surface area contributed by atoms with Crippen LogP contribution in [0.4, 0.5) is 10.5 Å². The van der Waals surface area contributed by atoms with E-state index in [4.69, 9.17) is 0 Å². The van der Waals surface area contributed by atoms with E-state index in [2.05, 4.69) is 15.9 Å². The fraction of sp³-hybridized carbons (Fsp3) is 0.0588. The summed E-state index contributed by atoms with van der Waals surface area (Å²) in [5.74, 6) is -0.930. The lowest BCUT2D eigenvalue weighted by Crippen LogP contribution is -2.27. The molecule has 0 aromatic heterocycles. The number of hydrogen-bond acceptors (Lipinski definition) is 6. The molecule has 2 aromatic carbocycles. The van der Waals surface area contributed by atoms with Crippen molar-refractivity contribution in [1.29, 1.82) is 0 Å². The monoisotopic (exact) mass is 434 g/mol. The van der Waals surface area contributed by atoms with Crippen molar-refractivity contribution in [3.05, 3.63) is 73.1 Å². The first kappa shape index (κ1) is 18.2. The van der Waals surface area contributed by atoms with E-state index in [-0.39, 0.29) is 11.4 Å². The molecule has 7 nitrogen and oxygen atoms in total. The molecule has 0 saturated carbocycles. The lowest BCUT2D eigenvalue weighted by molar-refractivity contribution is -0.385. The van der Waals surface area contributed by atoms with Crippen LogP contribution < -0.4 is 0 Å². The van der Waals surface area contributed by atoms with Gasteiger partial charge in [0.05, 0.1) is 16.4 Å². The van der Waals surface area contributed by atoms with Gasteiger partial charge in [-0.2, -0.15) is 0 Å². The summed E-state index contributed by atoms with van der Waals surface area (Å²) >= 11 is 4.15. The second kappa shape index (κ2) is 7.30. The summed E-state index contributed by atoms with van der Waals surface area (Å²) in [4.78, 5) is 36.2. The molecule has 3 rings (SSSR count). The van der Waals surface area contributed by atoms with Gasteiger partial charge in [0.25, 0.3) is 11.1 Å². The number of phenolic OH excluding ortho intramolecular Hbond substituents is 1. The minimum Gasteiger partial charge on any atom is -0.502 e. The first-order valence-electron chi connectivity index (χ1n) is 7.33. The molecule has 1 aliphatic heterocycles. The molecule has 0 aliphatic carbocycles. The summed E-state index contributed by atoms with van der Waals surface area (Å²) in [5, 5.41) is 20.0. The van der Waals surface area contributed by atoms with Gasteiger partial charge in [0.15, 0.2) is 5.75 Å². The van der Waals surface area contributed by atoms with Crippen LogP contribution in [0.5, 0.6) is 5.75 Å². The molecule has 1 heterocycles. The quantitative estimate of drug-likeness (QED) is 0.437. The first-order chi connectivity index (χ1) is 12.4. The lowest BCUT2D eigenvalue weighted by Gasteiger charge is -2.13. The number of phenols is 1. The van der Waals surface area contributed by atoms with Gasteiger partial charge in [0.2, 0.25) is 0 Å². The van der Waals surface area contributed by atoms with Gasteiger partial charge in [-0.25, -0.2) is 0 Å². The Hall–Kier alpha value is -2.65. The zero-order chi connectivity index (χ0) is 18.8. The fourth-order valence-corrected chi connectivity index (χ4v) is 3.61. The van der Waals surface area contributed by atoms with Crippen LogP contribution in [0.15, 0.2) is 51.8 Å². The summed E-state index contributed by atoms with van der Waals surface area (Å²) in [7, 11) is 0. The number of benzene rings is 2. The van der Waals surface area contributed by atoms with Crippen molar-refractivity contribution < 1.29 is 19.6 Å². The van der Waals surface area contributed by atoms with Gasteiger partial charge in [0, 0.05) is 10.5 Å². The van der Waals surface area contributed by atoms with Crippen molar-refractivity contribution in [2.24, 2.45) is 0 Å². The summed E-state index contributed by atoms with van der Waals surface area (Å²) in [6.45, 7) is 0.124. The standard InChI is InChI=1S/C17H11BrN2O5S/c18-12-4-2-1-3-11(12)9-19-16(22)15(26-17(19)23)8-10-5-6-14(21)13(7-10)20(24)25/h1-8,21H,9H2/b15-8+. The second-order valence-corrected chi connectivity index (χ2v) is 7.21. The van der Waals surface area contributed by atoms with E-state index >= 15 is 0 Å². The van der Waals surface area contributed by atoms with E-state index in [1.54, 1.807) is 6.07 Å². The summed E-state index contributed by atoms with van der Waals surface area (Å²) < 4.78 is 0.789. The average Bonchev–Trinajstić information content (AvgIpc) is 2.85. The summed E-state index contributed by atoms with van der Waals surface area (Å²) in [6, 6.07) is 11.0. The molecular weight excluding hydrogens is 424 g/mol. The number of carbonyl (C=O) groups excluding carboxylic acids is 2. The highest BCUT2D eigenvalue weighted by atomic mass is 79.9. The summed E-state index contributed by atoms with van der Waals surface area (Å²) in [5.41, 5.74) is 0.670. The Labute approximate surface area is 160 Å². The third-order valence-corrected chi connectivity index (χ3v) is 5.33. The van der Waals surface area contributed by atoms with Crippen molar-refractivity contribution in [1.82, 2.24) is 4.90 Å². The Morgan fingerprint density at radius 3 is 2.65 bits per heavy atom. The normalized spacial score (nSPS) is 15.7. The molecule has 9 heteroatoms. The Morgan fingerprint density at radius 1 is 1.23 bits per heavy atom. The summed E-state index contributed by atoms with van der Waals surface area (Å²) in [6.07, 6.45) is 1.40. The number of carbonyl (C=O) groups is 2. The van der Waals surface area contributed by atoms with E-state index in [1.807, 2.05) is 18.2 Å². The van der Waals surface area contributed by atoms with E-state index < -0.39 is 27.5 Å². The Morgan fingerprint density at radius 2 is 1.96 bits per heavy atom. The maximum Gasteiger partial charge on any atom is 0.311 e. The van der Waals surface area contributed by atoms with Gasteiger partial charge in [-0.15, -0.1) is 0 Å². The molecule has 1 N–H and O–H groups in total.